The molecule has 0 saturated heterocycles. The molecule has 0 aliphatic heterocycles. The van der Waals surface area contributed by atoms with Crippen LogP contribution in [0, 0.1) is 23.7 Å². The summed E-state index contributed by atoms with van der Waals surface area (Å²) in [7, 11) is 2.23. The number of aliphatic carboxylic acids is 2. The zero-order valence-corrected chi connectivity index (χ0v) is 11.1. The van der Waals surface area contributed by atoms with Gasteiger partial charge >= 0.3 is 23.9 Å². The number of esters is 2. The quantitative estimate of drug-likeness (QED) is 0.663. The van der Waals surface area contributed by atoms with Crippen LogP contribution in [0.15, 0.2) is 0 Å². The van der Waals surface area contributed by atoms with Crippen molar-refractivity contribution in [2.75, 3.05) is 14.2 Å². The van der Waals surface area contributed by atoms with Crippen LogP contribution in [0.1, 0.15) is 12.8 Å². The van der Waals surface area contributed by atoms with Crippen molar-refractivity contribution in [2.24, 2.45) is 23.7 Å². The van der Waals surface area contributed by atoms with E-state index in [1.807, 2.05) is 0 Å². The van der Waals surface area contributed by atoms with Gasteiger partial charge in [-0.2, -0.15) is 0 Å². The topological polar surface area (TPSA) is 127 Å². The van der Waals surface area contributed by atoms with Crippen LogP contribution in [0.2, 0.25) is 0 Å². The molecular formula is C12H16O8. The Kier molecular flexibility index (Phi) is 5.06. The van der Waals surface area contributed by atoms with E-state index in [4.69, 9.17) is 5.11 Å². The third-order valence-corrected chi connectivity index (χ3v) is 3.66. The van der Waals surface area contributed by atoms with Crippen LogP contribution in [0.25, 0.3) is 0 Å². The predicted molar refractivity (Wildman–Crippen MR) is 62.5 cm³/mol. The highest BCUT2D eigenvalue weighted by Gasteiger charge is 2.53. The average Bonchev–Trinajstić information content (AvgIpc) is 2.77. The summed E-state index contributed by atoms with van der Waals surface area (Å²) in [6.07, 6.45) is -0.529. The molecule has 1 rings (SSSR count). The first-order valence-corrected chi connectivity index (χ1v) is 5.93. The molecule has 20 heavy (non-hydrogen) atoms. The number of carbonyl (C=O) groups is 4. The van der Waals surface area contributed by atoms with Gasteiger partial charge in [0.15, 0.2) is 0 Å². The second-order valence-electron chi connectivity index (χ2n) is 4.62. The molecule has 8 heteroatoms. The molecule has 0 heterocycles. The smallest absolute Gasteiger partial charge is 0.309 e. The molecule has 0 bridgehead atoms. The first-order chi connectivity index (χ1) is 9.33. The molecule has 1 fully saturated rings. The highest BCUT2D eigenvalue weighted by atomic mass is 16.5. The van der Waals surface area contributed by atoms with Crippen molar-refractivity contribution in [2.45, 2.75) is 12.8 Å². The summed E-state index contributed by atoms with van der Waals surface area (Å²) in [6.45, 7) is 0. The summed E-state index contributed by atoms with van der Waals surface area (Å²) >= 11 is 0. The van der Waals surface area contributed by atoms with Crippen molar-refractivity contribution < 1.29 is 38.9 Å². The van der Waals surface area contributed by atoms with Crippen molar-refractivity contribution in [3.05, 3.63) is 0 Å². The molecule has 1 saturated carbocycles. The Morgan fingerprint density at radius 2 is 1.60 bits per heavy atom. The van der Waals surface area contributed by atoms with Gasteiger partial charge in [0.1, 0.15) is 0 Å². The van der Waals surface area contributed by atoms with Crippen LogP contribution in [0.5, 0.6) is 0 Å². The van der Waals surface area contributed by atoms with E-state index >= 15 is 0 Å². The molecule has 0 aromatic heterocycles. The molecule has 4 atom stereocenters. The van der Waals surface area contributed by atoms with Crippen molar-refractivity contribution in [1.29, 1.82) is 0 Å². The van der Waals surface area contributed by atoms with Crippen LogP contribution in [0.4, 0.5) is 0 Å². The van der Waals surface area contributed by atoms with Crippen LogP contribution in [-0.2, 0) is 28.7 Å². The third kappa shape index (κ3) is 3.06. The van der Waals surface area contributed by atoms with Gasteiger partial charge in [0, 0.05) is 6.42 Å². The molecule has 1 aliphatic rings. The van der Waals surface area contributed by atoms with Gasteiger partial charge in [0.2, 0.25) is 0 Å². The Labute approximate surface area is 114 Å². The van der Waals surface area contributed by atoms with E-state index in [1.165, 1.54) is 0 Å². The maximum atomic E-state index is 11.6. The van der Waals surface area contributed by atoms with Gasteiger partial charge < -0.3 is 19.7 Å². The lowest BCUT2D eigenvalue weighted by atomic mass is 9.84. The SMILES string of the molecule is COC(=O)CC1C(C(=O)O)CC(C(=O)OC)C1C(=O)O. The fourth-order valence-corrected chi connectivity index (χ4v) is 2.72. The fourth-order valence-electron chi connectivity index (χ4n) is 2.72. The van der Waals surface area contributed by atoms with E-state index in [0.717, 1.165) is 14.2 Å². The van der Waals surface area contributed by atoms with E-state index < -0.39 is 47.5 Å². The summed E-state index contributed by atoms with van der Waals surface area (Å²) in [6, 6.07) is 0. The van der Waals surface area contributed by atoms with Gasteiger partial charge in [-0.25, -0.2) is 0 Å². The summed E-state index contributed by atoms with van der Waals surface area (Å²) in [5.41, 5.74) is 0. The lowest BCUT2D eigenvalue weighted by Crippen LogP contribution is -2.33. The molecule has 112 valence electrons. The second kappa shape index (κ2) is 6.36. The number of rotatable bonds is 5. The Morgan fingerprint density at radius 1 is 1.00 bits per heavy atom. The Balaban J connectivity index is 3.10. The van der Waals surface area contributed by atoms with Gasteiger partial charge in [0.25, 0.3) is 0 Å². The van der Waals surface area contributed by atoms with Crippen molar-refractivity contribution in [3.8, 4) is 0 Å². The highest BCUT2D eigenvalue weighted by molar-refractivity contribution is 5.86. The fraction of sp³-hybridized carbons (Fsp3) is 0.667. The average molecular weight is 288 g/mol. The van der Waals surface area contributed by atoms with E-state index in [2.05, 4.69) is 9.47 Å². The monoisotopic (exact) mass is 288 g/mol. The maximum Gasteiger partial charge on any atom is 0.309 e. The van der Waals surface area contributed by atoms with E-state index in [9.17, 15) is 24.3 Å². The Morgan fingerprint density at radius 3 is 2.00 bits per heavy atom. The standard InChI is InChI=1S/C12H16O8/c1-19-8(13)4-5-6(10(14)15)3-7(12(18)20-2)9(5)11(16)17/h5-7,9H,3-4H2,1-2H3,(H,14,15)(H,16,17). The molecule has 0 radical (unpaired) electrons. The summed E-state index contributed by atoms with van der Waals surface area (Å²) in [5, 5.41) is 18.4. The van der Waals surface area contributed by atoms with E-state index in [0.29, 0.717) is 0 Å². The molecule has 4 unspecified atom stereocenters. The van der Waals surface area contributed by atoms with Gasteiger partial charge in [-0.1, -0.05) is 0 Å². The largest absolute Gasteiger partial charge is 0.481 e. The number of hydrogen-bond acceptors (Lipinski definition) is 6. The summed E-state index contributed by atoms with van der Waals surface area (Å²) < 4.78 is 8.96. The Hall–Kier alpha value is -2.12. The van der Waals surface area contributed by atoms with Crippen LogP contribution >= 0.6 is 0 Å². The molecule has 0 aromatic carbocycles. The number of carboxylic acids is 2. The predicted octanol–water partition coefficient (Wildman–Crippen LogP) is -0.240. The van der Waals surface area contributed by atoms with Gasteiger partial charge in [-0.15, -0.1) is 0 Å². The van der Waals surface area contributed by atoms with Crippen molar-refractivity contribution in [1.82, 2.24) is 0 Å². The van der Waals surface area contributed by atoms with Gasteiger partial charge in [-0.05, 0) is 12.3 Å². The summed E-state index contributed by atoms with van der Waals surface area (Å²) in [4.78, 5) is 45.5. The van der Waals surface area contributed by atoms with Crippen LogP contribution in [-0.4, -0.2) is 48.3 Å². The van der Waals surface area contributed by atoms with Gasteiger partial charge in [-0.3, -0.25) is 19.2 Å². The minimum Gasteiger partial charge on any atom is -0.481 e. The third-order valence-electron chi connectivity index (χ3n) is 3.66. The molecule has 0 amide bonds. The second-order valence-corrected chi connectivity index (χ2v) is 4.62. The lowest BCUT2D eigenvalue weighted by molar-refractivity contribution is -0.156. The number of carboxylic acid groups (broad SMARTS) is 2. The summed E-state index contributed by atoms with van der Waals surface area (Å²) in [5.74, 6) is -8.50. The first kappa shape index (κ1) is 15.9. The Bertz CT molecular complexity index is 429. The van der Waals surface area contributed by atoms with Crippen LogP contribution < -0.4 is 0 Å². The highest BCUT2D eigenvalue weighted by Crippen LogP contribution is 2.44. The van der Waals surface area contributed by atoms with E-state index in [-0.39, 0.29) is 12.8 Å². The minimum atomic E-state index is -1.32. The lowest BCUT2D eigenvalue weighted by Gasteiger charge is -2.20. The number of carbonyl (C=O) groups excluding carboxylic acids is 2. The van der Waals surface area contributed by atoms with Crippen molar-refractivity contribution >= 4 is 23.9 Å². The molecule has 8 nitrogen and oxygen atoms in total. The maximum absolute atomic E-state index is 11.6. The molecular weight excluding hydrogens is 272 g/mol. The zero-order valence-electron chi connectivity index (χ0n) is 11.1. The van der Waals surface area contributed by atoms with Crippen molar-refractivity contribution in [3.63, 3.8) is 0 Å². The molecule has 2 N–H and O–H groups in total. The van der Waals surface area contributed by atoms with Gasteiger partial charge in [0.05, 0.1) is 32.0 Å². The number of hydrogen-bond donors (Lipinski definition) is 2. The normalized spacial score (nSPS) is 28.7. The first-order valence-electron chi connectivity index (χ1n) is 5.93. The van der Waals surface area contributed by atoms with Crippen LogP contribution in [0.3, 0.4) is 0 Å². The zero-order chi connectivity index (χ0) is 15.4. The minimum absolute atomic E-state index is 0.166. The molecule has 1 aliphatic carbocycles. The van der Waals surface area contributed by atoms with E-state index in [1.54, 1.807) is 0 Å². The molecule has 0 aromatic rings. The number of ether oxygens (including phenoxy) is 2. The molecule has 0 spiro atoms. The number of methoxy groups -OCH3 is 2.